The van der Waals surface area contributed by atoms with Gasteiger partial charge >= 0.3 is 5.97 Å². The Hall–Kier alpha value is -2.79. The number of benzene rings is 2. The van der Waals surface area contributed by atoms with Crippen molar-refractivity contribution in [2.75, 3.05) is 37.7 Å². The second-order valence-electron chi connectivity index (χ2n) is 9.22. The van der Waals surface area contributed by atoms with Gasteiger partial charge in [0.2, 0.25) is 0 Å². The van der Waals surface area contributed by atoms with Crippen molar-refractivity contribution in [3.05, 3.63) is 68.4 Å². The first-order valence-corrected chi connectivity index (χ1v) is 13.4. The number of nitrogens with zero attached hydrogens (tertiary/aromatic N) is 2. The van der Waals surface area contributed by atoms with Crippen molar-refractivity contribution in [1.29, 1.82) is 0 Å². The molecule has 3 aromatic rings. The molecule has 1 fully saturated rings. The van der Waals surface area contributed by atoms with Crippen LogP contribution in [-0.2, 0) is 9.53 Å². The van der Waals surface area contributed by atoms with Gasteiger partial charge in [0.15, 0.2) is 0 Å². The molecule has 3 N–H and O–H groups in total. The summed E-state index contributed by atoms with van der Waals surface area (Å²) in [6.07, 6.45) is -0.346. The van der Waals surface area contributed by atoms with Gasteiger partial charge < -0.3 is 25.2 Å². The fourth-order valence-electron chi connectivity index (χ4n) is 4.74. The number of carbonyl (C=O) groups excluding carboxylic acids is 1. The van der Waals surface area contributed by atoms with Crippen molar-refractivity contribution < 1.29 is 28.9 Å². The van der Waals surface area contributed by atoms with Gasteiger partial charge in [0.25, 0.3) is 5.91 Å². The SMILES string of the molecule is Cc1c(N2CCOC(CO)C2)nc2ccc(Br)cc2c1C(=O)NCC(CCC(=O)O)c1cc(F)ccc1Cl. The Morgan fingerprint density at radius 2 is 2.11 bits per heavy atom. The highest BCUT2D eigenvalue weighted by atomic mass is 79.9. The fourth-order valence-corrected chi connectivity index (χ4v) is 5.37. The summed E-state index contributed by atoms with van der Waals surface area (Å²) in [5, 5.41) is 22.7. The maximum Gasteiger partial charge on any atom is 0.303 e. The number of pyridine rings is 1. The average Bonchev–Trinajstić information content (AvgIpc) is 2.89. The van der Waals surface area contributed by atoms with E-state index >= 15 is 0 Å². The first-order chi connectivity index (χ1) is 18.2. The quantitative estimate of drug-likeness (QED) is 0.324. The molecular weight excluding hydrogens is 581 g/mol. The Balaban J connectivity index is 1.68. The third kappa shape index (κ3) is 6.43. The predicted molar refractivity (Wildman–Crippen MR) is 147 cm³/mol. The summed E-state index contributed by atoms with van der Waals surface area (Å²) in [4.78, 5) is 31.8. The minimum Gasteiger partial charge on any atom is -0.481 e. The zero-order chi connectivity index (χ0) is 27.4. The standard InChI is InChI=1S/C27H28BrClFN3O5/c1-15-25(27(37)31-12-16(2-7-24(35)36)20-11-18(30)4-5-22(20)29)21-10-17(28)3-6-23(21)32-26(15)33-8-9-38-19(13-33)14-34/h3-6,10-11,16,19,34H,2,7-9,12-14H2,1H3,(H,31,37)(H,35,36). The van der Waals surface area contributed by atoms with Crippen LogP contribution in [-0.4, -0.2) is 66.0 Å². The summed E-state index contributed by atoms with van der Waals surface area (Å²) in [5.74, 6) is -1.74. The molecule has 2 heterocycles. The van der Waals surface area contributed by atoms with E-state index in [1.54, 1.807) is 0 Å². The number of aromatic nitrogens is 1. The number of aliphatic hydroxyl groups excluding tert-OH is 1. The number of aliphatic carboxylic acids is 1. The summed E-state index contributed by atoms with van der Waals surface area (Å²) in [6, 6.07) is 9.44. The first kappa shape index (κ1) is 28.2. The van der Waals surface area contributed by atoms with Crippen LogP contribution < -0.4 is 10.2 Å². The molecule has 2 aromatic carbocycles. The number of carboxylic acid groups (broad SMARTS) is 1. The van der Waals surface area contributed by atoms with Crippen LogP contribution in [0.3, 0.4) is 0 Å². The zero-order valence-electron chi connectivity index (χ0n) is 20.7. The summed E-state index contributed by atoms with van der Waals surface area (Å²) < 4.78 is 20.4. The van der Waals surface area contributed by atoms with Crippen LogP contribution in [0.4, 0.5) is 10.2 Å². The van der Waals surface area contributed by atoms with Crippen molar-refractivity contribution in [1.82, 2.24) is 10.3 Å². The number of anilines is 1. The third-order valence-electron chi connectivity index (χ3n) is 6.65. The van der Waals surface area contributed by atoms with E-state index in [1.807, 2.05) is 30.0 Å². The Kier molecular flexibility index (Phi) is 9.19. The predicted octanol–water partition coefficient (Wildman–Crippen LogP) is 4.67. The zero-order valence-corrected chi connectivity index (χ0v) is 23.1. The number of rotatable bonds is 9. The Morgan fingerprint density at radius 3 is 2.84 bits per heavy atom. The maximum atomic E-state index is 14.0. The molecule has 0 bridgehead atoms. The Morgan fingerprint density at radius 1 is 1.32 bits per heavy atom. The number of nitrogens with one attached hydrogen (secondary N) is 1. The number of morpholine rings is 1. The minimum absolute atomic E-state index is 0.0615. The van der Waals surface area contributed by atoms with Crippen LogP contribution in [0.15, 0.2) is 40.9 Å². The Labute approximate surface area is 232 Å². The lowest BCUT2D eigenvalue weighted by Gasteiger charge is -2.34. The average molecular weight is 609 g/mol. The molecule has 0 saturated carbocycles. The second kappa shape index (κ2) is 12.4. The minimum atomic E-state index is -0.994. The molecule has 1 saturated heterocycles. The van der Waals surface area contributed by atoms with Crippen molar-refractivity contribution >= 4 is 56.1 Å². The van der Waals surface area contributed by atoms with Gasteiger partial charge in [0, 0.05) is 52.4 Å². The fraction of sp³-hybridized carbons (Fsp3) is 0.370. The van der Waals surface area contributed by atoms with Crippen molar-refractivity contribution in [3.63, 3.8) is 0 Å². The summed E-state index contributed by atoms with van der Waals surface area (Å²) >= 11 is 9.79. The molecule has 2 atom stereocenters. The summed E-state index contributed by atoms with van der Waals surface area (Å²) in [7, 11) is 0. The van der Waals surface area contributed by atoms with E-state index in [9.17, 15) is 24.2 Å². The van der Waals surface area contributed by atoms with Gasteiger partial charge in [0.05, 0.1) is 30.4 Å². The first-order valence-electron chi connectivity index (χ1n) is 12.2. The van der Waals surface area contributed by atoms with E-state index in [4.69, 9.17) is 21.3 Å². The number of amides is 1. The number of carboxylic acids is 1. The van der Waals surface area contributed by atoms with Crippen molar-refractivity contribution in [2.45, 2.75) is 31.8 Å². The van der Waals surface area contributed by atoms with Crippen LogP contribution in [0.5, 0.6) is 0 Å². The van der Waals surface area contributed by atoms with E-state index in [0.29, 0.717) is 58.1 Å². The third-order valence-corrected chi connectivity index (χ3v) is 7.48. The monoisotopic (exact) mass is 607 g/mol. The number of fused-ring (bicyclic) bond motifs is 1. The van der Waals surface area contributed by atoms with Gasteiger partial charge in [0.1, 0.15) is 11.6 Å². The molecule has 1 aromatic heterocycles. The van der Waals surface area contributed by atoms with E-state index < -0.39 is 17.7 Å². The van der Waals surface area contributed by atoms with Gasteiger partial charge in [-0.2, -0.15) is 0 Å². The molecule has 38 heavy (non-hydrogen) atoms. The molecule has 202 valence electrons. The lowest BCUT2D eigenvalue weighted by atomic mass is 9.93. The molecule has 1 aliphatic heterocycles. The van der Waals surface area contributed by atoms with Crippen LogP contribution in [0.1, 0.15) is 40.2 Å². The van der Waals surface area contributed by atoms with E-state index in [-0.39, 0.29) is 38.0 Å². The molecule has 1 amide bonds. The molecule has 8 nitrogen and oxygen atoms in total. The van der Waals surface area contributed by atoms with Crippen LogP contribution in [0.25, 0.3) is 10.9 Å². The number of ether oxygens (including phenoxy) is 1. The molecule has 0 spiro atoms. The number of carbonyl (C=O) groups is 2. The second-order valence-corrected chi connectivity index (χ2v) is 10.5. The highest BCUT2D eigenvalue weighted by molar-refractivity contribution is 9.10. The normalized spacial score (nSPS) is 16.4. The summed E-state index contributed by atoms with van der Waals surface area (Å²) in [5.41, 5.74) is 2.16. The van der Waals surface area contributed by atoms with Crippen LogP contribution in [0, 0.1) is 12.7 Å². The number of halogens is 3. The lowest BCUT2D eigenvalue weighted by Crippen LogP contribution is -2.45. The molecule has 4 rings (SSSR count). The number of aliphatic hydroxyl groups is 1. The topological polar surface area (TPSA) is 112 Å². The van der Waals surface area contributed by atoms with Crippen molar-refractivity contribution in [3.8, 4) is 0 Å². The van der Waals surface area contributed by atoms with Gasteiger partial charge in [-0.25, -0.2) is 9.37 Å². The molecular formula is C27H28BrClFN3O5. The maximum absolute atomic E-state index is 14.0. The lowest BCUT2D eigenvalue weighted by molar-refractivity contribution is -0.137. The number of hydrogen-bond donors (Lipinski definition) is 3. The van der Waals surface area contributed by atoms with Crippen LogP contribution >= 0.6 is 27.5 Å². The van der Waals surface area contributed by atoms with Crippen molar-refractivity contribution in [2.24, 2.45) is 0 Å². The largest absolute Gasteiger partial charge is 0.481 e. The van der Waals surface area contributed by atoms with E-state index in [2.05, 4.69) is 21.2 Å². The van der Waals surface area contributed by atoms with Gasteiger partial charge in [-0.05, 0) is 55.3 Å². The van der Waals surface area contributed by atoms with Crippen LogP contribution in [0.2, 0.25) is 5.02 Å². The highest BCUT2D eigenvalue weighted by Crippen LogP contribution is 2.32. The summed E-state index contributed by atoms with van der Waals surface area (Å²) in [6.45, 7) is 3.18. The molecule has 0 radical (unpaired) electrons. The number of hydrogen-bond acceptors (Lipinski definition) is 6. The highest BCUT2D eigenvalue weighted by Gasteiger charge is 2.27. The van der Waals surface area contributed by atoms with Gasteiger partial charge in [-0.1, -0.05) is 27.5 Å². The smallest absolute Gasteiger partial charge is 0.303 e. The van der Waals surface area contributed by atoms with Gasteiger partial charge in [-0.3, -0.25) is 9.59 Å². The molecule has 11 heteroatoms. The molecule has 1 aliphatic rings. The molecule has 2 unspecified atom stereocenters. The van der Waals surface area contributed by atoms with E-state index in [0.717, 1.165) is 4.47 Å². The van der Waals surface area contributed by atoms with Gasteiger partial charge in [-0.15, -0.1) is 0 Å². The Bertz CT molecular complexity index is 1360. The molecule has 0 aliphatic carbocycles. The van der Waals surface area contributed by atoms with E-state index in [1.165, 1.54) is 18.2 Å².